The van der Waals surface area contributed by atoms with E-state index in [1.807, 2.05) is 0 Å². The molecule has 2 aromatic rings. The average Bonchev–Trinajstić information content (AvgIpc) is 2.70. The Labute approximate surface area is 123 Å². The van der Waals surface area contributed by atoms with Crippen LogP contribution >= 0.6 is 38.9 Å². The second-order valence-electron chi connectivity index (χ2n) is 4.06. The Kier molecular flexibility index (Phi) is 4.30. The van der Waals surface area contributed by atoms with Crippen molar-refractivity contribution in [2.24, 2.45) is 0 Å². The molecule has 18 heavy (non-hydrogen) atoms. The van der Waals surface area contributed by atoms with E-state index < -0.39 is 0 Å². The number of aryl methyl sites for hydroxylation is 1. The van der Waals surface area contributed by atoms with Gasteiger partial charge in [0.05, 0.1) is 16.8 Å². The van der Waals surface area contributed by atoms with E-state index in [9.17, 15) is 4.39 Å². The number of hydrogen-bond acceptors (Lipinski definition) is 2. The molecule has 0 aliphatic heterocycles. The number of anilines is 1. The summed E-state index contributed by atoms with van der Waals surface area (Å²) in [5, 5.41) is 3.68. The Morgan fingerprint density at radius 3 is 2.67 bits per heavy atom. The number of halogens is 3. The number of thiophene rings is 1. The minimum Gasteiger partial charge on any atom is -0.376 e. The molecule has 0 aliphatic carbocycles. The van der Waals surface area contributed by atoms with Gasteiger partial charge in [-0.1, -0.05) is 11.6 Å². The third kappa shape index (κ3) is 3.05. The van der Waals surface area contributed by atoms with Gasteiger partial charge in [-0.15, -0.1) is 11.3 Å². The summed E-state index contributed by atoms with van der Waals surface area (Å²) >= 11 is 11.1. The Balaban J connectivity index is 2.24. The summed E-state index contributed by atoms with van der Waals surface area (Å²) < 4.78 is 13.8. The lowest BCUT2D eigenvalue weighted by Crippen LogP contribution is -2.06. The lowest BCUT2D eigenvalue weighted by atomic mass is 10.2. The van der Waals surface area contributed by atoms with Crippen molar-refractivity contribution < 1.29 is 4.39 Å². The summed E-state index contributed by atoms with van der Waals surface area (Å²) in [6, 6.07) is 7.01. The van der Waals surface area contributed by atoms with Gasteiger partial charge >= 0.3 is 0 Å². The maximum Gasteiger partial charge on any atom is 0.125 e. The molecule has 2 rings (SSSR count). The van der Waals surface area contributed by atoms with Crippen LogP contribution in [0.25, 0.3) is 0 Å². The van der Waals surface area contributed by atoms with Crippen LogP contribution in [-0.2, 0) is 0 Å². The van der Waals surface area contributed by atoms with Gasteiger partial charge in [0.25, 0.3) is 0 Å². The molecule has 0 saturated heterocycles. The molecule has 1 aromatic heterocycles. The van der Waals surface area contributed by atoms with Crippen molar-refractivity contribution in [2.75, 3.05) is 5.32 Å². The van der Waals surface area contributed by atoms with Crippen molar-refractivity contribution >= 4 is 44.6 Å². The van der Waals surface area contributed by atoms with Crippen LogP contribution in [0.2, 0.25) is 5.02 Å². The van der Waals surface area contributed by atoms with E-state index >= 15 is 0 Å². The van der Waals surface area contributed by atoms with E-state index in [0.29, 0.717) is 9.50 Å². The number of nitrogens with one attached hydrogen (secondary N) is 1. The lowest BCUT2D eigenvalue weighted by molar-refractivity contribution is 0.627. The van der Waals surface area contributed by atoms with Crippen LogP contribution in [0.3, 0.4) is 0 Å². The largest absolute Gasteiger partial charge is 0.376 e. The summed E-state index contributed by atoms with van der Waals surface area (Å²) in [7, 11) is 0. The summed E-state index contributed by atoms with van der Waals surface area (Å²) in [6.07, 6.45) is 0. The van der Waals surface area contributed by atoms with Gasteiger partial charge in [0.15, 0.2) is 0 Å². The Hall–Kier alpha value is -0.580. The number of benzene rings is 1. The van der Waals surface area contributed by atoms with Gasteiger partial charge in [-0.05, 0) is 54.0 Å². The molecular weight excluding hydrogens is 337 g/mol. The molecular formula is C13H12BrClFNS. The fourth-order valence-corrected chi connectivity index (χ4v) is 3.45. The number of hydrogen-bond donors (Lipinski definition) is 1. The zero-order valence-corrected chi connectivity index (χ0v) is 13.1. The Morgan fingerprint density at radius 2 is 2.11 bits per heavy atom. The molecule has 0 saturated carbocycles. The first-order valence-electron chi connectivity index (χ1n) is 5.45. The van der Waals surface area contributed by atoms with Crippen LogP contribution in [0.5, 0.6) is 0 Å². The van der Waals surface area contributed by atoms with Crippen LogP contribution in [0.1, 0.15) is 22.7 Å². The first-order chi connectivity index (χ1) is 8.47. The summed E-state index contributed by atoms with van der Waals surface area (Å²) in [4.78, 5) is 2.49. The molecule has 0 amide bonds. The Morgan fingerprint density at radius 1 is 1.39 bits per heavy atom. The number of rotatable bonds is 3. The van der Waals surface area contributed by atoms with E-state index in [4.69, 9.17) is 11.6 Å². The van der Waals surface area contributed by atoms with Gasteiger partial charge in [-0.3, -0.25) is 0 Å². The van der Waals surface area contributed by atoms with E-state index in [1.165, 1.54) is 21.9 Å². The van der Waals surface area contributed by atoms with Crippen LogP contribution in [0.15, 0.2) is 28.7 Å². The smallest absolute Gasteiger partial charge is 0.125 e. The maximum absolute atomic E-state index is 13.1. The second kappa shape index (κ2) is 5.59. The second-order valence-corrected chi connectivity index (χ2v) is 6.64. The summed E-state index contributed by atoms with van der Waals surface area (Å²) in [5.41, 5.74) is 0.719. The van der Waals surface area contributed by atoms with Gasteiger partial charge in [0.1, 0.15) is 5.82 Å². The highest BCUT2D eigenvalue weighted by Crippen LogP contribution is 2.35. The van der Waals surface area contributed by atoms with Crippen molar-refractivity contribution in [3.8, 4) is 0 Å². The van der Waals surface area contributed by atoms with Crippen LogP contribution in [0.4, 0.5) is 10.1 Å². The van der Waals surface area contributed by atoms with Crippen molar-refractivity contribution in [2.45, 2.75) is 19.9 Å². The monoisotopic (exact) mass is 347 g/mol. The highest BCUT2D eigenvalue weighted by atomic mass is 79.9. The molecule has 0 fully saturated rings. The van der Waals surface area contributed by atoms with E-state index in [2.05, 4.69) is 47.2 Å². The average molecular weight is 349 g/mol. The van der Waals surface area contributed by atoms with Gasteiger partial charge in [-0.2, -0.15) is 0 Å². The van der Waals surface area contributed by atoms with Gasteiger partial charge in [-0.25, -0.2) is 4.39 Å². The van der Waals surface area contributed by atoms with Crippen molar-refractivity contribution in [3.05, 3.63) is 49.3 Å². The minimum atomic E-state index is -0.350. The predicted molar refractivity (Wildman–Crippen MR) is 80.2 cm³/mol. The molecule has 1 aromatic carbocycles. The molecule has 1 unspecified atom stereocenters. The molecule has 5 heteroatoms. The molecule has 0 bridgehead atoms. The highest BCUT2D eigenvalue weighted by Gasteiger charge is 2.13. The summed E-state index contributed by atoms with van der Waals surface area (Å²) in [6.45, 7) is 4.12. The third-order valence-electron chi connectivity index (χ3n) is 2.56. The zero-order valence-electron chi connectivity index (χ0n) is 9.93. The van der Waals surface area contributed by atoms with Crippen LogP contribution in [0, 0.1) is 12.7 Å². The zero-order chi connectivity index (χ0) is 13.3. The van der Waals surface area contributed by atoms with E-state index in [0.717, 1.165) is 5.69 Å². The molecule has 0 aliphatic rings. The summed E-state index contributed by atoms with van der Waals surface area (Å²) in [5.74, 6) is -0.350. The highest BCUT2D eigenvalue weighted by molar-refractivity contribution is 9.10. The molecule has 0 spiro atoms. The topological polar surface area (TPSA) is 12.0 Å². The van der Waals surface area contributed by atoms with Crippen molar-refractivity contribution in [1.29, 1.82) is 0 Å². The molecule has 96 valence electrons. The molecule has 1 N–H and O–H groups in total. The molecule has 1 nitrogen and oxygen atoms in total. The van der Waals surface area contributed by atoms with Gasteiger partial charge < -0.3 is 5.32 Å². The van der Waals surface area contributed by atoms with Crippen LogP contribution < -0.4 is 5.32 Å². The fraction of sp³-hybridized carbons (Fsp3) is 0.231. The first kappa shape index (κ1) is 13.8. The minimum absolute atomic E-state index is 0.128. The third-order valence-corrected chi connectivity index (χ3v) is 4.66. The lowest BCUT2D eigenvalue weighted by Gasteiger charge is -2.16. The van der Waals surface area contributed by atoms with Gasteiger partial charge in [0, 0.05) is 14.2 Å². The van der Waals surface area contributed by atoms with E-state index in [1.54, 1.807) is 11.3 Å². The quantitative estimate of drug-likeness (QED) is 0.741. The Bertz CT molecular complexity index is 547. The fourth-order valence-electron chi connectivity index (χ4n) is 1.65. The van der Waals surface area contributed by atoms with Crippen molar-refractivity contribution in [1.82, 2.24) is 0 Å². The first-order valence-corrected chi connectivity index (χ1v) is 7.43. The van der Waals surface area contributed by atoms with Crippen molar-refractivity contribution in [3.63, 3.8) is 0 Å². The maximum atomic E-state index is 13.1. The molecule has 1 atom stereocenters. The van der Waals surface area contributed by atoms with Gasteiger partial charge in [0.2, 0.25) is 0 Å². The van der Waals surface area contributed by atoms with E-state index in [-0.39, 0.29) is 11.9 Å². The van der Waals surface area contributed by atoms with Crippen LogP contribution in [-0.4, -0.2) is 0 Å². The molecule has 1 heterocycles. The molecule has 0 radical (unpaired) electrons. The SMILES string of the molecule is Cc1ccc(C(C)Nc2c(Cl)cc(F)cc2Br)s1. The predicted octanol–water partition coefficient (Wildman–Crippen LogP) is 5.78. The normalized spacial score (nSPS) is 12.5. The standard InChI is InChI=1S/C13H12BrClFNS/c1-7-3-4-12(18-7)8(2)17-13-10(14)5-9(16)6-11(13)15/h3-6,8,17H,1-2H3.